The normalized spacial score (nSPS) is 16.3. The maximum Gasteiger partial charge on any atom is 0.337 e. The molecule has 0 atom stereocenters. The van der Waals surface area contributed by atoms with Crippen molar-refractivity contribution in [1.29, 1.82) is 5.26 Å². The number of aromatic nitrogens is 2. The Morgan fingerprint density at radius 3 is 1.42 bits per heavy atom. The number of benzene rings is 5. The zero-order valence-corrected chi connectivity index (χ0v) is 46.8. The van der Waals surface area contributed by atoms with E-state index in [0.717, 1.165) is 47.8 Å². The van der Waals surface area contributed by atoms with Gasteiger partial charge in [0.2, 0.25) is 0 Å². The molecule has 0 aliphatic heterocycles. The lowest BCUT2D eigenvalue weighted by molar-refractivity contribution is 0.0698. The first-order chi connectivity index (χ1) is 36.5. The molecule has 3 N–H and O–H groups in total. The van der Waals surface area contributed by atoms with Crippen LogP contribution in [-0.2, 0) is 38.8 Å². The second-order valence-electron chi connectivity index (χ2n) is 20.7. The summed E-state index contributed by atoms with van der Waals surface area (Å²) in [5, 5.41) is 21.0. The molecule has 0 radical (unpaired) electrons. The van der Waals surface area contributed by atoms with Gasteiger partial charge in [0.15, 0.2) is 5.78 Å². The molecule has 404 valence electrons. The summed E-state index contributed by atoms with van der Waals surface area (Å²) < 4.78 is 14.2. The molecule has 7 aromatic rings. The van der Waals surface area contributed by atoms with Crippen molar-refractivity contribution in [1.82, 2.24) is 9.13 Å². The van der Waals surface area contributed by atoms with Crippen molar-refractivity contribution in [3.63, 3.8) is 0 Å². The highest BCUT2D eigenvalue weighted by atomic mass is 35.5. The van der Waals surface area contributed by atoms with E-state index in [-0.39, 0.29) is 34.6 Å². The number of hydrogen-bond donors (Lipinski definition) is 2. The number of carboxylic acid groups (broad SMARTS) is 1. The largest absolute Gasteiger partial charge is 0.478 e. The number of rotatable bonds is 15. The Morgan fingerprint density at radius 2 is 0.987 bits per heavy atom. The first-order valence-corrected chi connectivity index (χ1v) is 27.9. The monoisotopic (exact) mass is 1090 g/mol. The molecule has 10 rings (SSSR count). The van der Waals surface area contributed by atoms with E-state index in [1.54, 1.807) is 32.5 Å². The Labute approximate surface area is 467 Å². The topological polar surface area (TPSA) is 132 Å². The summed E-state index contributed by atoms with van der Waals surface area (Å²) in [6.07, 6.45) is 23.5. The second kappa shape index (κ2) is 29.3. The lowest BCUT2D eigenvalue weighted by Crippen LogP contribution is -2.37. The van der Waals surface area contributed by atoms with Crippen LogP contribution in [0.25, 0.3) is 21.8 Å². The Morgan fingerprint density at radius 1 is 0.579 bits per heavy atom. The predicted octanol–water partition coefficient (Wildman–Crippen LogP) is 16.1. The highest BCUT2D eigenvalue weighted by Crippen LogP contribution is 2.44. The fourth-order valence-electron chi connectivity index (χ4n) is 11.9. The maximum absolute atomic E-state index is 13.4. The molecule has 0 bridgehead atoms. The van der Waals surface area contributed by atoms with Gasteiger partial charge in [-0.1, -0.05) is 184 Å². The number of aromatic carboxylic acids is 1. The van der Waals surface area contributed by atoms with Crippen molar-refractivity contribution in [2.45, 2.75) is 138 Å². The van der Waals surface area contributed by atoms with Gasteiger partial charge in [0.1, 0.15) is 0 Å². The molecule has 0 saturated heterocycles. The van der Waals surface area contributed by atoms with Crippen LogP contribution in [0.5, 0.6) is 0 Å². The van der Waals surface area contributed by atoms with Gasteiger partial charge in [0, 0.05) is 74.4 Å². The van der Waals surface area contributed by atoms with E-state index >= 15 is 0 Å². The minimum atomic E-state index is -0.973. The number of nitriles is 1. The number of nitrogens with two attached hydrogens (primary N) is 1. The van der Waals surface area contributed by atoms with Crippen LogP contribution in [0, 0.1) is 11.3 Å². The van der Waals surface area contributed by atoms with Gasteiger partial charge in [-0.3, -0.25) is 4.79 Å². The van der Waals surface area contributed by atoms with E-state index in [1.807, 2.05) is 53.2 Å². The van der Waals surface area contributed by atoms with Crippen LogP contribution in [0.2, 0.25) is 10.0 Å². The van der Waals surface area contributed by atoms with Gasteiger partial charge in [-0.15, -0.1) is 12.4 Å². The maximum atomic E-state index is 13.4. The van der Waals surface area contributed by atoms with Gasteiger partial charge in [0.05, 0.1) is 51.3 Å². The predicted molar refractivity (Wildman–Crippen MR) is 314 cm³/mol. The molecule has 9 nitrogen and oxygen atoms in total. The minimum Gasteiger partial charge on any atom is -0.478 e. The van der Waals surface area contributed by atoms with E-state index in [0.29, 0.717) is 53.6 Å². The molecule has 5 aromatic carbocycles. The van der Waals surface area contributed by atoms with Crippen molar-refractivity contribution >= 4 is 69.2 Å². The zero-order chi connectivity index (χ0) is 53.1. The van der Waals surface area contributed by atoms with Crippen LogP contribution < -0.4 is 5.73 Å². The molecule has 3 saturated carbocycles. The molecule has 76 heavy (non-hydrogen) atoms. The zero-order valence-electron chi connectivity index (χ0n) is 44.5. The lowest BCUT2D eigenvalue weighted by atomic mass is 9.66. The van der Waals surface area contributed by atoms with E-state index in [4.69, 9.17) is 43.5 Å². The summed E-state index contributed by atoms with van der Waals surface area (Å²) in [6.45, 7) is 3.22. The molecule has 3 aliphatic carbocycles. The van der Waals surface area contributed by atoms with Crippen LogP contribution in [0.3, 0.4) is 0 Å². The van der Waals surface area contributed by atoms with Crippen LogP contribution in [0.15, 0.2) is 140 Å². The van der Waals surface area contributed by atoms with Crippen molar-refractivity contribution in [2.24, 2.45) is 5.73 Å². The van der Waals surface area contributed by atoms with E-state index < -0.39 is 5.97 Å². The van der Waals surface area contributed by atoms with Gasteiger partial charge in [-0.25, -0.2) is 4.79 Å². The van der Waals surface area contributed by atoms with Crippen molar-refractivity contribution in [3.05, 3.63) is 178 Å². The number of hydrogen-bond acceptors (Lipinski definition) is 6. The van der Waals surface area contributed by atoms with E-state index in [9.17, 15) is 14.9 Å². The molecule has 3 aliphatic rings. The van der Waals surface area contributed by atoms with Crippen LogP contribution in [0.4, 0.5) is 0 Å². The van der Waals surface area contributed by atoms with Crippen LogP contribution in [0.1, 0.15) is 147 Å². The third-order valence-electron chi connectivity index (χ3n) is 16.2. The van der Waals surface area contributed by atoms with Crippen molar-refractivity contribution in [3.8, 4) is 6.07 Å². The van der Waals surface area contributed by atoms with Crippen molar-refractivity contribution in [2.75, 3.05) is 34.0 Å². The minimum absolute atomic E-state index is 0. The van der Waals surface area contributed by atoms with Gasteiger partial charge >= 0.3 is 5.97 Å². The fraction of sp³-hybridized carbons (Fsp3) is 0.422. The summed E-state index contributed by atoms with van der Waals surface area (Å²) in [4.78, 5) is 24.6. The highest BCUT2D eigenvalue weighted by Gasteiger charge is 2.36. The van der Waals surface area contributed by atoms with E-state index in [1.165, 1.54) is 100 Å². The van der Waals surface area contributed by atoms with E-state index in [2.05, 4.69) is 83.4 Å². The molecule has 0 spiro atoms. The number of methoxy groups -OCH3 is 2. The molecule has 2 heterocycles. The number of halogens is 3. The average Bonchev–Trinajstić information content (AvgIpc) is 4.06. The van der Waals surface area contributed by atoms with Gasteiger partial charge < -0.3 is 29.4 Å². The number of ketones is 1. The van der Waals surface area contributed by atoms with Gasteiger partial charge in [-0.2, -0.15) is 5.26 Å². The van der Waals surface area contributed by atoms with Crippen LogP contribution >= 0.6 is 35.6 Å². The number of nitrogens with zero attached hydrogens (tertiary/aromatic N) is 3. The number of carbonyl (C=O) groups excluding carboxylic acids is 1. The third-order valence-corrected chi connectivity index (χ3v) is 16.8. The van der Waals surface area contributed by atoms with Crippen molar-refractivity contribution < 1.29 is 24.2 Å². The SMILES string of the molecule is COCCn1cc(C(=O)CCC2(c3ccccc3)CCCCC2)c2c(Cl)cccc21.COCCn1cc(C(=O)O)c2c(Cl)cccc21.Cl.N#CC1(c2ccccc2)CCCCC1.NCC1(c2ccccc2)CCCCC1. The molecule has 0 unspecified atom stereocenters. The second-order valence-corrected chi connectivity index (χ2v) is 21.5. The molecule has 2 aromatic heterocycles. The number of Topliss-reactive ketones (excluding diaryl/α,β-unsaturated/α-hetero) is 1. The third kappa shape index (κ3) is 14.6. The summed E-state index contributed by atoms with van der Waals surface area (Å²) in [5.41, 5.74) is 13.0. The fourth-order valence-corrected chi connectivity index (χ4v) is 12.5. The number of ether oxygens (including phenoxy) is 2. The summed E-state index contributed by atoms with van der Waals surface area (Å²) in [7, 11) is 3.30. The molecule has 3 fully saturated rings. The van der Waals surface area contributed by atoms with Gasteiger partial charge in [-0.05, 0) is 91.3 Å². The Kier molecular flexibility index (Phi) is 23.1. The average molecular weight is 1090 g/mol. The quantitative estimate of drug-likeness (QED) is 0.0977. The lowest BCUT2D eigenvalue weighted by Gasteiger charge is -2.38. The summed E-state index contributed by atoms with van der Waals surface area (Å²) in [5.74, 6) is -0.788. The number of carboxylic acids is 1. The standard InChI is InChI=1S/C26H30ClNO2.C13H19N.C13H15N.C12H12ClNO3.ClH/c1-30-18-17-28-19-21(25-22(27)11-8-12-23(25)28)24(29)13-16-26(14-6-3-7-15-26)20-9-4-2-5-10-20;2*14-11-13(9-5-2-6-10-13)12-7-3-1-4-8-12;1-17-6-5-14-7-8(12(15)16)11-9(13)3-2-4-10(11)14;/h2,4-5,8-12,19H,3,6-7,13-18H2,1H3;1,3-4,7-8H,2,5-6,9-11,14H2;1,3-4,7-8H,2,5-6,9-10H2;2-4,7H,5-6H2,1H3,(H,15,16);1H. The van der Waals surface area contributed by atoms with Gasteiger partial charge in [0.25, 0.3) is 0 Å². The molecular weight excluding hydrogens is 1010 g/mol. The summed E-state index contributed by atoms with van der Waals surface area (Å²) in [6, 6.07) is 45.6. The molecule has 12 heteroatoms. The Hall–Kier alpha value is -5.44. The summed E-state index contributed by atoms with van der Waals surface area (Å²) >= 11 is 12.6. The smallest absolute Gasteiger partial charge is 0.337 e. The first kappa shape index (κ1) is 59.8. The Bertz CT molecular complexity index is 2930. The number of fused-ring (bicyclic) bond motifs is 2. The molecule has 0 amide bonds. The highest BCUT2D eigenvalue weighted by molar-refractivity contribution is 6.37. The first-order valence-electron chi connectivity index (χ1n) is 27.1. The number of carbonyl (C=O) groups is 2. The van der Waals surface area contributed by atoms with Crippen LogP contribution in [-0.4, -0.2) is 60.0 Å². The molecular formula is C64H77Cl3N4O5. The Balaban J connectivity index is 0.000000174.